The van der Waals surface area contributed by atoms with Gasteiger partial charge in [-0.05, 0) is 26.0 Å². The molecule has 2 aromatic rings. The van der Waals surface area contributed by atoms with E-state index in [1.165, 1.54) is 0 Å². The minimum absolute atomic E-state index is 0.0678. The third-order valence-corrected chi connectivity index (χ3v) is 2.88. The standard InChI is InChI=1S/C14H18N6O2/c1-9(8-12(15)21)16-14(22)18-13-17-10(2)20(19-13)11-6-4-3-5-7-11/h3-7,9H,8H2,1-2H3,(H2,15,21)(H2,16,18,19,22). The van der Waals surface area contributed by atoms with Gasteiger partial charge in [0.1, 0.15) is 5.82 Å². The van der Waals surface area contributed by atoms with Crippen LogP contribution in [0.1, 0.15) is 19.2 Å². The largest absolute Gasteiger partial charge is 0.370 e. The summed E-state index contributed by atoms with van der Waals surface area (Å²) in [5, 5.41) is 9.35. The molecule has 1 aromatic heterocycles. The summed E-state index contributed by atoms with van der Waals surface area (Å²) in [7, 11) is 0. The summed E-state index contributed by atoms with van der Waals surface area (Å²) in [6.45, 7) is 3.48. The summed E-state index contributed by atoms with van der Waals surface area (Å²) in [6, 6.07) is 8.61. The lowest BCUT2D eigenvalue weighted by molar-refractivity contribution is -0.118. The van der Waals surface area contributed by atoms with E-state index in [2.05, 4.69) is 20.7 Å². The molecular formula is C14H18N6O2. The Balaban J connectivity index is 2.02. The third-order valence-electron chi connectivity index (χ3n) is 2.88. The second-order valence-electron chi connectivity index (χ2n) is 4.90. The van der Waals surface area contributed by atoms with Crippen molar-refractivity contribution in [2.45, 2.75) is 26.3 Å². The predicted molar refractivity (Wildman–Crippen MR) is 81.5 cm³/mol. The van der Waals surface area contributed by atoms with E-state index in [0.29, 0.717) is 5.82 Å². The SMILES string of the molecule is Cc1nc(NC(=O)NC(C)CC(N)=O)nn1-c1ccccc1. The summed E-state index contributed by atoms with van der Waals surface area (Å²) < 4.78 is 1.63. The average molecular weight is 302 g/mol. The van der Waals surface area contributed by atoms with Crippen LogP contribution in [0.5, 0.6) is 0 Å². The number of nitrogens with zero attached hydrogens (tertiary/aromatic N) is 3. The van der Waals surface area contributed by atoms with Gasteiger partial charge in [0, 0.05) is 12.5 Å². The monoisotopic (exact) mass is 302 g/mol. The molecule has 0 spiro atoms. The van der Waals surface area contributed by atoms with Gasteiger partial charge in [-0.1, -0.05) is 18.2 Å². The highest BCUT2D eigenvalue weighted by Gasteiger charge is 2.13. The smallest absolute Gasteiger partial charge is 0.321 e. The normalized spacial score (nSPS) is 11.7. The number of rotatable bonds is 5. The highest BCUT2D eigenvalue weighted by molar-refractivity contribution is 5.88. The van der Waals surface area contributed by atoms with E-state index >= 15 is 0 Å². The molecule has 22 heavy (non-hydrogen) atoms. The number of nitrogens with two attached hydrogens (primary N) is 1. The highest BCUT2D eigenvalue weighted by atomic mass is 16.2. The molecule has 0 aliphatic rings. The molecule has 0 radical (unpaired) electrons. The molecule has 8 heteroatoms. The number of aryl methyl sites for hydroxylation is 1. The molecule has 0 fully saturated rings. The maximum Gasteiger partial charge on any atom is 0.321 e. The zero-order chi connectivity index (χ0) is 16.1. The number of anilines is 1. The molecule has 3 amide bonds. The molecule has 4 N–H and O–H groups in total. The van der Waals surface area contributed by atoms with E-state index in [1.807, 2.05) is 30.3 Å². The van der Waals surface area contributed by atoms with E-state index in [0.717, 1.165) is 5.69 Å². The summed E-state index contributed by atoms with van der Waals surface area (Å²) in [6.07, 6.45) is 0.0678. The summed E-state index contributed by atoms with van der Waals surface area (Å²) in [4.78, 5) is 26.8. The number of carbonyl (C=O) groups is 2. The van der Waals surface area contributed by atoms with Gasteiger partial charge in [-0.25, -0.2) is 9.48 Å². The van der Waals surface area contributed by atoms with Gasteiger partial charge in [-0.15, -0.1) is 5.10 Å². The molecule has 116 valence electrons. The molecule has 1 unspecified atom stereocenters. The van der Waals surface area contributed by atoms with E-state index in [4.69, 9.17) is 5.73 Å². The fraction of sp³-hybridized carbons (Fsp3) is 0.286. The van der Waals surface area contributed by atoms with Crippen LogP contribution in [0, 0.1) is 6.92 Å². The highest BCUT2D eigenvalue weighted by Crippen LogP contribution is 2.10. The number of nitrogens with one attached hydrogen (secondary N) is 2. The first kappa shape index (κ1) is 15.5. The van der Waals surface area contributed by atoms with Gasteiger partial charge < -0.3 is 11.1 Å². The number of amides is 3. The van der Waals surface area contributed by atoms with Gasteiger partial charge in [-0.2, -0.15) is 4.98 Å². The van der Waals surface area contributed by atoms with Crippen LogP contribution in [-0.4, -0.2) is 32.7 Å². The van der Waals surface area contributed by atoms with E-state index in [9.17, 15) is 9.59 Å². The van der Waals surface area contributed by atoms with Crippen molar-refractivity contribution in [2.75, 3.05) is 5.32 Å². The topological polar surface area (TPSA) is 115 Å². The summed E-state index contributed by atoms with van der Waals surface area (Å²) in [5.41, 5.74) is 5.92. The molecule has 0 saturated carbocycles. The Hall–Kier alpha value is -2.90. The number of primary amides is 1. The Morgan fingerprint density at radius 2 is 2.00 bits per heavy atom. The minimum atomic E-state index is -0.487. The van der Waals surface area contributed by atoms with Gasteiger partial charge in [0.05, 0.1) is 5.69 Å². The second-order valence-corrected chi connectivity index (χ2v) is 4.90. The van der Waals surface area contributed by atoms with E-state index in [1.54, 1.807) is 18.5 Å². The fourth-order valence-electron chi connectivity index (χ4n) is 1.97. The second kappa shape index (κ2) is 6.70. The van der Waals surface area contributed by atoms with Crippen LogP contribution >= 0.6 is 0 Å². The molecule has 0 bridgehead atoms. The molecule has 1 heterocycles. The Morgan fingerprint density at radius 3 is 2.64 bits per heavy atom. The van der Waals surface area contributed by atoms with E-state index in [-0.39, 0.29) is 18.4 Å². The maximum absolute atomic E-state index is 11.8. The number of hydrogen-bond donors (Lipinski definition) is 3. The number of urea groups is 1. The predicted octanol–water partition coefficient (Wildman–Crippen LogP) is 0.961. The lowest BCUT2D eigenvalue weighted by Gasteiger charge is -2.11. The van der Waals surface area contributed by atoms with Gasteiger partial charge >= 0.3 is 6.03 Å². The Kier molecular flexibility index (Phi) is 4.72. The number of para-hydroxylation sites is 1. The van der Waals surface area contributed by atoms with Crippen LogP contribution in [0.25, 0.3) is 5.69 Å². The van der Waals surface area contributed by atoms with Crippen LogP contribution in [0.4, 0.5) is 10.7 Å². The van der Waals surface area contributed by atoms with Crippen molar-refractivity contribution in [1.29, 1.82) is 0 Å². The van der Waals surface area contributed by atoms with Crippen molar-refractivity contribution < 1.29 is 9.59 Å². The van der Waals surface area contributed by atoms with Crippen molar-refractivity contribution in [3.63, 3.8) is 0 Å². The van der Waals surface area contributed by atoms with Crippen molar-refractivity contribution in [1.82, 2.24) is 20.1 Å². The number of carbonyl (C=O) groups excluding carboxylic acids is 2. The van der Waals surface area contributed by atoms with Gasteiger partial charge in [0.25, 0.3) is 5.95 Å². The summed E-state index contributed by atoms with van der Waals surface area (Å²) >= 11 is 0. The molecule has 0 aliphatic heterocycles. The summed E-state index contributed by atoms with van der Waals surface area (Å²) in [5.74, 6) is 0.354. The first-order chi connectivity index (χ1) is 10.5. The van der Waals surface area contributed by atoms with Crippen LogP contribution in [0.3, 0.4) is 0 Å². The fourth-order valence-corrected chi connectivity index (χ4v) is 1.97. The lowest BCUT2D eigenvalue weighted by Crippen LogP contribution is -2.38. The molecular weight excluding hydrogens is 284 g/mol. The quantitative estimate of drug-likeness (QED) is 0.763. The number of hydrogen-bond acceptors (Lipinski definition) is 4. The zero-order valence-electron chi connectivity index (χ0n) is 12.4. The Labute approximate surface area is 127 Å². The van der Waals surface area contributed by atoms with Crippen molar-refractivity contribution >= 4 is 17.9 Å². The number of aromatic nitrogens is 3. The van der Waals surface area contributed by atoms with Crippen LogP contribution in [0.2, 0.25) is 0 Å². The molecule has 1 atom stereocenters. The van der Waals surface area contributed by atoms with Crippen molar-refractivity contribution in [3.8, 4) is 5.69 Å². The molecule has 0 saturated heterocycles. The molecule has 8 nitrogen and oxygen atoms in total. The molecule has 2 rings (SSSR count). The minimum Gasteiger partial charge on any atom is -0.370 e. The van der Waals surface area contributed by atoms with Crippen LogP contribution in [0.15, 0.2) is 30.3 Å². The average Bonchev–Trinajstić information content (AvgIpc) is 2.79. The van der Waals surface area contributed by atoms with Crippen LogP contribution in [-0.2, 0) is 4.79 Å². The van der Waals surface area contributed by atoms with Crippen LogP contribution < -0.4 is 16.4 Å². The van der Waals surface area contributed by atoms with Crippen molar-refractivity contribution in [2.24, 2.45) is 5.73 Å². The Morgan fingerprint density at radius 1 is 1.32 bits per heavy atom. The van der Waals surface area contributed by atoms with E-state index < -0.39 is 11.9 Å². The van der Waals surface area contributed by atoms with Gasteiger partial charge in [-0.3, -0.25) is 10.1 Å². The van der Waals surface area contributed by atoms with Crippen molar-refractivity contribution in [3.05, 3.63) is 36.2 Å². The lowest BCUT2D eigenvalue weighted by atomic mass is 10.2. The zero-order valence-corrected chi connectivity index (χ0v) is 12.4. The first-order valence-electron chi connectivity index (χ1n) is 6.80. The number of benzene rings is 1. The Bertz CT molecular complexity index is 667. The maximum atomic E-state index is 11.8. The molecule has 0 aliphatic carbocycles. The molecule has 1 aromatic carbocycles. The third kappa shape index (κ3) is 4.05. The van der Waals surface area contributed by atoms with Gasteiger partial charge in [0.15, 0.2) is 0 Å². The first-order valence-corrected chi connectivity index (χ1v) is 6.80. The van der Waals surface area contributed by atoms with Gasteiger partial charge in [0.2, 0.25) is 5.91 Å².